The van der Waals surface area contributed by atoms with Crippen LogP contribution in [0.4, 0.5) is 0 Å². The van der Waals surface area contributed by atoms with E-state index >= 15 is 0 Å². The van der Waals surface area contributed by atoms with Crippen LogP contribution >= 0.6 is 0 Å². The zero-order valence-electron chi connectivity index (χ0n) is 14.2. The second kappa shape index (κ2) is 6.00. The number of aliphatic hydroxyl groups is 1. The minimum atomic E-state index is -0.571. The molecule has 4 heterocycles. The van der Waals surface area contributed by atoms with Crippen LogP contribution in [-0.2, 0) is 6.42 Å². The van der Waals surface area contributed by atoms with E-state index in [1.807, 2.05) is 38.2 Å². The number of amides is 1. The Morgan fingerprint density at radius 2 is 2.20 bits per heavy atom. The number of carbonyl (C=O) groups is 1. The molecule has 0 aromatic carbocycles. The summed E-state index contributed by atoms with van der Waals surface area (Å²) in [6, 6.07) is 5.73. The second-order valence-electron chi connectivity index (χ2n) is 6.77. The molecule has 25 heavy (non-hydrogen) atoms. The van der Waals surface area contributed by atoms with Crippen LogP contribution in [0.1, 0.15) is 27.4 Å². The molecule has 2 atom stereocenters. The molecule has 0 bridgehead atoms. The summed E-state index contributed by atoms with van der Waals surface area (Å²) in [5.41, 5.74) is 3.23. The third-order valence-corrected chi connectivity index (χ3v) is 4.73. The monoisotopic (exact) mass is 340 g/mol. The molecular weight excluding hydrogens is 320 g/mol. The smallest absolute Gasteiger partial charge is 0.257 e. The third-order valence-electron chi connectivity index (χ3n) is 4.73. The third kappa shape index (κ3) is 2.91. The van der Waals surface area contributed by atoms with Gasteiger partial charge in [-0.1, -0.05) is 11.2 Å². The molecular formula is C18H20N4O3. The minimum absolute atomic E-state index is 0.0552. The number of likely N-dealkylation sites (tertiary alicyclic amines) is 1. The van der Waals surface area contributed by atoms with Crippen LogP contribution < -0.4 is 0 Å². The number of aromatic nitrogens is 3. The predicted molar refractivity (Wildman–Crippen MR) is 90.3 cm³/mol. The van der Waals surface area contributed by atoms with E-state index in [2.05, 4.69) is 10.3 Å². The van der Waals surface area contributed by atoms with Crippen LogP contribution in [-0.4, -0.2) is 49.9 Å². The summed E-state index contributed by atoms with van der Waals surface area (Å²) in [5, 5.41) is 18.5. The average molecular weight is 340 g/mol. The van der Waals surface area contributed by atoms with Gasteiger partial charge in [0.2, 0.25) is 0 Å². The van der Waals surface area contributed by atoms with Crippen LogP contribution in [0.5, 0.6) is 0 Å². The van der Waals surface area contributed by atoms with Gasteiger partial charge in [0.15, 0.2) is 0 Å². The van der Waals surface area contributed by atoms with Crippen molar-refractivity contribution in [3.63, 3.8) is 0 Å². The maximum atomic E-state index is 12.9. The number of pyridine rings is 1. The normalized spacial score (nSPS) is 20.5. The van der Waals surface area contributed by atoms with Gasteiger partial charge in [-0.05, 0) is 25.5 Å². The molecule has 0 radical (unpaired) electrons. The number of aryl methyl sites for hydroxylation is 2. The summed E-state index contributed by atoms with van der Waals surface area (Å²) in [7, 11) is 0. The molecule has 1 aliphatic heterocycles. The average Bonchev–Trinajstić information content (AvgIpc) is 3.26. The largest absolute Gasteiger partial charge is 0.391 e. The Balaban J connectivity index is 1.52. The van der Waals surface area contributed by atoms with Gasteiger partial charge in [-0.15, -0.1) is 0 Å². The number of aliphatic hydroxyl groups excluding tert-OH is 1. The zero-order chi connectivity index (χ0) is 17.6. The Hall–Kier alpha value is -2.67. The summed E-state index contributed by atoms with van der Waals surface area (Å²) in [5.74, 6) is 0.580. The highest BCUT2D eigenvalue weighted by Gasteiger charge is 2.35. The molecule has 0 spiro atoms. The Bertz CT molecular complexity index is 929. The van der Waals surface area contributed by atoms with Crippen molar-refractivity contribution in [2.75, 3.05) is 13.1 Å². The number of nitrogens with zero attached hydrogens (tertiary/aromatic N) is 4. The Kier molecular flexibility index (Phi) is 3.80. The number of rotatable bonds is 3. The maximum Gasteiger partial charge on any atom is 0.257 e. The standard InChI is InChI=1S/C18H20N4O3/c1-11-3-4-16-15(7-19-22(16)8-11)18(24)21-9-13(17(23)10-21)6-14-5-12(2)20-25-14/h3-5,7-8,13,17,23H,6,9-10H2,1-2H3/t13-,17-/m1/s1. The first-order chi connectivity index (χ1) is 12.0. The molecule has 0 aliphatic carbocycles. The lowest BCUT2D eigenvalue weighted by atomic mass is 10.0. The fraction of sp³-hybridized carbons (Fsp3) is 0.389. The van der Waals surface area contributed by atoms with Crippen LogP contribution in [0.15, 0.2) is 35.1 Å². The molecule has 3 aromatic rings. The number of hydrogen-bond acceptors (Lipinski definition) is 5. The molecule has 0 saturated carbocycles. The highest BCUT2D eigenvalue weighted by molar-refractivity contribution is 6.00. The second-order valence-corrected chi connectivity index (χ2v) is 6.77. The first-order valence-electron chi connectivity index (χ1n) is 8.35. The lowest BCUT2D eigenvalue weighted by Gasteiger charge is -2.15. The van der Waals surface area contributed by atoms with Crippen LogP contribution in [0.3, 0.4) is 0 Å². The van der Waals surface area contributed by atoms with Crippen molar-refractivity contribution < 1.29 is 14.4 Å². The van der Waals surface area contributed by atoms with Gasteiger partial charge in [-0.25, -0.2) is 4.52 Å². The summed E-state index contributed by atoms with van der Waals surface area (Å²) < 4.78 is 6.95. The van der Waals surface area contributed by atoms with Gasteiger partial charge in [0.1, 0.15) is 5.76 Å². The van der Waals surface area contributed by atoms with Crippen molar-refractivity contribution in [1.29, 1.82) is 0 Å². The van der Waals surface area contributed by atoms with Gasteiger partial charge >= 0.3 is 0 Å². The summed E-state index contributed by atoms with van der Waals surface area (Å²) in [4.78, 5) is 14.6. The van der Waals surface area contributed by atoms with E-state index in [0.29, 0.717) is 25.1 Å². The molecule has 7 nitrogen and oxygen atoms in total. The van der Waals surface area contributed by atoms with Gasteiger partial charge in [0.05, 0.1) is 29.1 Å². The van der Waals surface area contributed by atoms with E-state index < -0.39 is 6.10 Å². The number of fused-ring (bicyclic) bond motifs is 1. The Labute approximate surface area is 144 Å². The fourth-order valence-electron chi connectivity index (χ4n) is 3.41. The molecule has 1 amide bonds. The Morgan fingerprint density at radius 3 is 2.96 bits per heavy atom. The lowest BCUT2D eigenvalue weighted by molar-refractivity contribution is 0.0766. The highest BCUT2D eigenvalue weighted by atomic mass is 16.5. The molecule has 1 fully saturated rings. The summed E-state index contributed by atoms with van der Waals surface area (Å²) >= 11 is 0. The van der Waals surface area contributed by atoms with Crippen molar-refractivity contribution in [2.24, 2.45) is 5.92 Å². The topological polar surface area (TPSA) is 83.9 Å². The van der Waals surface area contributed by atoms with E-state index in [0.717, 1.165) is 22.5 Å². The zero-order valence-corrected chi connectivity index (χ0v) is 14.2. The van der Waals surface area contributed by atoms with Gasteiger partial charge in [0, 0.05) is 37.7 Å². The molecule has 4 rings (SSSR count). The predicted octanol–water partition coefficient (Wildman–Crippen LogP) is 1.61. The first kappa shape index (κ1) is 15.8. The minimum Gasteiger partial charge on any atom is -0.391 e. The first-order valence-corrected chi connectivity index (χ1v) is 8.35. The number of hydrogen-bond donors (Lipinski definition) is 1. The van der Waals surface area contributed by atoms with Gasteiger partial charge < -0.3 is 14.5 Å². The molecule has 130 valence electrons. The molecule has 1 aliphatic rings. The SMILES string of the molecule is Cc1ccc2c(C(=O)N3C[C@@H](Cc4cc(C)no4)[C@H](O)C3)cnn2c1. The van der Waals surface area contributed by atoms with E-state index in [1.165, 1.54) is 0 Å². The number of carbonyl (C=O) groups excluding carboxylic acids is 1. The van der Waals surface area contributed by atoms with E-state index in [-0.39, 0.29) is 11.8 Å². The van der Waals surface area contributed by atoms with E-state index in [1.54, 1.807) is 15.6 Å². The lowest BCUT2D eigenvalue weighted by Crippen LogP contribution is -2.29. The Morgan fingerprint density at radius 1 is 1.36 bits per heavy atom. The van der Waals surface area contributed by atoms with E-state index in [9.17, 15) is 9.90 Å². The summed E-state index contributed by atoms with van der Waals surface area (Å²) in [6.07, 6.45) is 3.48. The maximum absolute atomic E-state index is 12.9. The van der Waals surface area contributed by atoms with Gasteiger partial charge in [0.25, 0.3) is 5.91 Å². The fourth-order valence-corrected chi connectivity index (χ4v) is 3.41. The van der Waals surface area contributed by atoms with Crippen molar-refractivity contribution in [2.45, 2.75) is 26.4 Å². The molecule has 3 aromatic heterocycles. The van der Waals surface area contributed by atoms with Crippen molar-refractivity contribution in [3.05, 3.63) is 53.2 Å². The highest BCUT2D eigenvalue weighted by Crippen LogP contribution is 2.24. The van der Waals surface area contributed by atoms with Crippen molar-refractivity contribution in [1.82, 2.24) is 19.7 Å². The quantitative estimate of drug-likeness (QED) is 0.783. The van der Waals surface area contributed by atoms with Gasteiger partial charge in [-0.3, -0.25) is 4.79 Å². The van der Waals surface area contributed by atoms with Crippen LogP contribution in [0.25, 0.3) is 5.52 Å². The van der Waals surface area contributed by atoms with Gasteiger partial charge in [-0.2, -0.15) is 5.10 Å². The molecule has 1 N–H and O–H groups in total. The summed E-state index contributed by atoms with van der Waals surface area (Å²) in [6.45, 7) is 4.65. The van der Waals surface area contributed by atoms with Crippen LogP contribution in [0, 0.1) is 19.8 Å². The van der Waals surface area contributed by atoms with Crippen molar-refractivity contribution >= 4 is 11.4 Å². The van der Waals surface area contributed by atoms with Crippen LogP contribution in [0.2, 0.25) is 0 Å². The molecule has 7 heteroatoms. The number of β-amino-alcohol motifs (C(OH)–C–C–N with tert-alkyl or cyclic N) is 1. The molecule has 0 unspecified atom stereocenters. The van der Waals surface area contributed by atoms with Crippen molar-refractivity contribution in [3.8, 4) is 0 Å². The molecule has 1 saturated heterocycles. The van der Waals surface area contributed by atoms with E-state index in [4.69, 9.17) is 4.52 Å².